The van der Waals surface area contributed by atoms with Gasteiger partial charge in [-0.3, -0.25) is 0 Å². The Morgan fingerprint density at radius 2 is 2.17 bits per heavy atom. The van der Waals surface area contributed by atoms with Crippen LogP contribution in [0.15, 0.2) is 18.2 Å². The van der Waals surface area contributed by atoms with Gasteiger partial charge in [0.25, 0.3) is 0 Å². The molecule has 1 aliphatic carbocycles. The van der Waals surface area contributed by atoms with Crippen molar-refractivity contribution in [2.45, 2.75) is 32.2 Å². The molecule has 2 nitrogen and oxygen atoms in total. The fourth-order valence-electron chi connectivity index (χ4n) is 3.20. The van der Waals surface area contributed by atoms with Gasteiger partial charge in [0.2, 0.25) is 0 Å². The highest BCUT2D eigenvalue weighted by Crippen LogP contribution is 2.41. The molecule has 0 amide bonds. The van der Waals surface area contributed by atoms with Gasteiger partial charge >= 0.3 is 0 Å². The molecular formula is C15H22FNO. The van der Waals surface area contributed by atoms with Crippen LogP contribution in [0.3, 0.4) is 0 Å². The van der Waals surface area contributed by atoms with Crippen molar-refractivity contribution < 1.29 is 9.13 Å². The van der Waals surface area contributed by atoms with Gasteiger partial charge in [0.05, 0.1) is 7.11 Å². The van der Waals surface area contributed by atoms with Gasteiger partial charge in [0, 0.05) is 11.6 Å². The fraction of sp³-hybridized carbons (Fsp3) is 0.600. The minimum Gasteiger partial charge on any atom is -0.494 e. The molecule has 2 rings (SSSR count). The van der Waals surface area contributed by atoms with E-state index in [1.807, 2.05) is 19.2 Å². The van der Waals surface area contributed by atoms with Crippen LogP contribution >= 0.6 is 0 Å². The fourth-order valence-corrected chi connectivity index (χ4v) is 3.20. The molecule has 1 saturated carbocycles. The van der Waals surface area contributed by atoms with Crippen molar-refractivity contribution in [3.05, 3.63) is 29.6 Å². The van der Waals surface area contributed by atoms with Gasteiger partial charge in [-0.05, 0) is 31.4 Å². The first-order valence-corrected chi connectivity index (χ1v) is 6.68. The lowest BCUT2D eigenvalue weighted by Gasteiger charge is -2.27. The summed E-state index contributed by atoms with van der Waals surface area (Å²) in [5.41, 5.74) is 0.732. The Morgan fingerprint density at radius 1 is 1.39 bits per heavy atom. The molecule has 3 atom stereocenters. The second-order valence-corrected chi connectivity index (χ2v) is 5.20. The van der Waals surface area contributed by atoms with Crippen LogP contribution in [0.4, 0.5) is 4.39 Å². The Hall–Kier alpha value is -1.09. The Balaban J connectivity index is 2.32. The average molecular weight is 251 g/mol. The molecule has 0 aliphatic heterocycles. The summed E-state index contributed by atoms with van der Waals surface area (Å²) in [6.07, 6.45) is 3.66. The second-order valence-electron chi connectivity index (χ2n) is 5.20. The summed E-state index contributed by atoms with van der Waals surface area (Å²) in [4.78, 5) is 0. The number of benzene rings is 1. The molecule has 0 aromatic heterocycles. The number of nitrogens with one attached hydrogen (secondary N) is 1. The van der Waals surface area contributed by atoms with Gasteiger partial charge in [0.15, 0.2) is 11.6 Å². The maximum absolute atomic E-state index is 14.3. The zero-order chi connectivity index (χ0) is 13.1. The smallest absolute Gasteiger partial charge is 0.169 e. The monoisotopic (exact) mass is 251 g/mol. The zero-order valence-corrected chi connectivity index (χ0v) is 11.4. The van der Waals surface area contributed by atoms with Crippen LogP contribution in [-0.2, 0) is 0 Å². The van der Waals surface area contributed by atoms with Gasteiger partial charge < -0.3 is 10.1 Å². The number of halogens is 1. The van der Waals surface area contributed by atoms with E-state index in [-0.39, 0.29) is 11.9 Å². The minimum absolute atomic E-state index is 0.0811. The van der Waals surface area contributed by atoms with E-state index in [4.69, 9.17) is 4.74 Å². The van der Waals surface area contributed by atoms with E-state index in [2.05, 4.69) is 12.2 Å². The molecule has 1 aromatic rings. The lowest BCUT2D eigenvalue weighted by atomic mass is 9.85. The average Bonchev–Trinajstić information content (AvgIpc) is 2.79. The van der Waals surface area contributed by atoms with Crippen molar-refractivity contribution in [3.63, 3.8) is 0 Å². The maximum Gasteiger partial charge on any atom is 0.169 e. The van der Waals surface area contributed by atoms with Crippen LogP contribution in [0, 0.1) is 17.7 Å². The van der Waals surface area contributed by atoms with E-state index in [9.17, 15) is 4.39 Å². The topological polar surface area (TPSA) is 21.3 Å². The standard InChI is InChI=1S/C15H22FNO/c1-10-6-4-7-11(10)15(17-2)12-8-5-9-13(18-3)14(12)16/h5,8-11,15,17H,4,6-7H2,1-3H3. The molecule has 1 aliphatic rings. The van der Waals surface area contributed by atoms with Crippen LogP contribution < -0.4 is 10.1 Å². The van der Waals surface area contributed by atoms with E-state index in [1.165, 1.54) is 26.4 Å². The molecule has 0 saturated heterocycles. The predicted molar refractivity (Wildman–Crippen MR) is 71.3 cm³/mol. The largest absolute Gasteiger partial charge is 0.494 e. The molecule has 1 fully saturated rings. The van der Waals surface area contributed by atoms with E-state index in [0.717, 1.165) is 5.56 Å². The summed E-state index contributed by atoms with van der Waals surface area (Å²) in [6.45, 7) is 2.26. The third-order valence-corrected chi connectivity index (χ3v) is 4.22. The molecule has 100 valence electrons. The lowest BCUT2D eigenvalue weighted by molar-refractivity contribution is 0.304. The van der Waals surface area contributed by atoms with Gasteiger partial charge in [0.1, 0.15) is 0 Å². The highest BCUT2D eigenvalue weighted by Gasteiger charge is 2.32. The number of hydrogen-bond acceptors (Lipinski definition) is 2. The van der Waals surface area contributed by atoms with Crippen LogP contribution in [0.1, 0.15) is 37.8 Å². The highest BCUT2D eigenvalue weighted by molar-refractivity contribution is 5.33. The molecule has 18 heavy (non-hydrogen) atoms. The molecule has 0 bridgehead atoms. The van der Waals surface area contributed by atoms with Crippen molar-refractivity contribution in [1.29, 1.82) is 0 Å². The summed E-state index contributed by atoms with van der Waals surface area (Å²) in [5, 5.41) is 3.29. The lowest BCUT2D eigenvalue weighted by Crippen LogP contribution is -2.27. The second kappa shape index (κ2) is 5.70. The highest BCUT2D eigenvalue weighted by atomic mass is 19.1. The van der Waals surface area contributed by atoms with Crippen molar-refractivity contribution in [3.8, 4) is 5.75 Å². The summed E-state index contributed by atoms with van der Waals surface area (Å²) in [6, 6.07) is 5.48. The zero-order valence-electron chi connectivity index (χ0n) is 11.4. The van der Waals surface area contributed by atoms with Gasteiger partial charge in [-0.1, -0.05) is 31.9 Å². The third kappa shape index (κ3) is 2.37. The maximum atomic E-state index is 14.3. The molecule has 1 N–H and O–H groups in total. The van der Waals surface area contributed by atoms with Crippen LogP contribution in [-0.4, -0.2) is 14.2 Å². The van der Waals surface area contributed by atoms with Crippen LogP contribution in [0.25, 0.3) is 0 Å². The summed E-state index contributed by atoms with van der Waals surface area (Å²) < 4.78 is 19.4. The van der Waals surface area contributed by atoms with Crippen molar-refractivity contribution >= 4 is 0 Å². The molecular weight excluding hydrogens is 229 g/mol. The van der Waals surface area contributed by atoms with E-state index in [0.29, 0.717) is 17.6 Å². The first-order chi connectivity index (χ1) is 8.69. The normalized spacial score (nSPS) is 25.1. The predicted octanol–water partition coefficient (Wildman–Crippen LogP) is 3.53. The van der Waals surface area contributed by atoms with E-state index >= 15 is 0 Å². The quantitative estimate of drug-likeness (QED) is 0.884. The molecule has 0 heterocycles. The molecule has 0 spiro atoms. The van der Waals surface area contributed by atoms with Gasteiger partial charge in [-0.2, -0.15) is 0 Å². The Labute approximate surface area is 109 Å². The number of methoxy groups -OCH3 is 1. The summed E-state index contributed by atoms with van der Waals surface area (Å²) >= 11 is 0. The number of ether oxygens (including phenoxy) is 1. The first kappa shape index (κ1) is 13.3. The van der Waals surface area contributed by atoms with E-state index in [1.54, 1.807) is 6.07 Å². The van der Waals surface area contributed by atoms with Gasteiger partial charge in [-0.15, -0.1) is 0 Å². The first-order valence-electron chi connectivity index (χ1n) is 6.68. The van der Waals surface area contributed by atoms with Crippen LogP contribution in [0.5, 0.6) is 5.75 Å². The van der Waals surface area contributed by atoms with Crippen molar-refractivity contribution in [1.82, 2.24) is 5.32 Å². The third-order valence-electron chi connectivity index (χ3n) is 4.22. The minimum atomic E-state index is -0.224. The van der Waals surface area contributed by atoms with Crippen LogP contribution in [0.2, 0.25) is 0 Å². The molecule has 0 radical (unpaired) electrons. The SMILES string of the molecule is CNC(c1cccc(OC)c1F)C1CCCC1C. The molecule has 1 aromatic carbocycles. The Morgan fingerprint density at radius 3 is 2.72 bits per heavy atom. The number of hydrogen-bond donors (Lipinski definition) is 1. The van der Waals surface area contributed by atoms with E-state index < -0.39 is 0 Å². The van der Waals surface area contributed by atoms with Crippen molar-refractivity contribution in [2.24, 2.45) is 11.8 Å². The Kier molecular flexibility index (Phi) is 4.23. The van der Waals surface area contributed by atoms with Gasteiger partial charge in [-0.25, -0.2) is 4.39 Å². The Bertz CT molecular complexity index is 407. The molecule has 3 unspecified atom stereocenters. The number of rotatable bonds is 4. The van der Waals surface area contributed by atoms with Crippen molar-refractivity contribution in [2.75, 3.05) is 14.2 Å². The molecule has 3 heteroatoms. The summed E-state index contributed by atoms with van der Waals surface area (Å²) in [7, 11) is 3.42. The summed E-state index contributed by atoms with van der Waals surface area (Å²) in [5.74, 6) is 1.27.